The Hall–Kier alpha value is -1.37. The van der Waals surface area contributed by atoms with Crippen LogP contribution in [0.1, 0.15) is 13.3 Å². The number of nitrogens with two attached hydrogens (primary N) is 1. The monoisotopic (exact) mass is 301 g/mol. The Bertz CT molecular complexity index is 571. The third kappa shape index (κ3) is 4.05. The number of halogens is 1. The largest absolute Gasteiger partial charge is 0.497 e. The molecular formula is C12H16ClN3O2S. The van der Waals surface area contributed by atoms with Crippen molar-refractivity contribution in [3.63, 3.8) is 0 Å². The van der Waals surface area contributed by atoms with Gasteiger partial charge in [-0.2, -0.15) is 0 Å². The van der Waals surface area contributed by atoms with Crippen LogP contribution in [0.3, 0.4) is 0 Å². The number of methoxy groups -OCH3 is 1. The summed E-state index contributed by atoms with van der Waals surface area (Å²) in [7, 11) is 1.62. The van der Waals surface area contributed by atoms with Gasteiger partial charge < -0.3 is 15.8 Å². The first-order valence-corrected chi connectivity index (χ1v) is 6.40. The van der Waals surface area contributed by atoms with Crippen LogP contribution >= 0.6 is 23.7 Å². The molecule has 0 aliphatic heterocycles. The van der Waals surface area contributed by atoms with Crippen LogP contribution in [0, 0.1) is 0 Å². The van der Waals surface area contributed by atoms with Crippen molar-refractivity contribution in [3.05, 3.63) is 18.2 Å². The summed E-state index contributed by atoms with van der Waals surface area (Å²) in [5.74, 6) is 0.663. The first-order chi connectivity index (χ1) is 8.58. The summed E-state index contributed by atoms with van der Waals surface area (Å²) in [6.45, 7) is 1.79. The van der Waals surface area contributed by atoms with Gasteiger partial charge in [-0.3, -0.25) is 4.79 Å². The highest BCUT2D eigenvalue weighted by atomic mass is 35.5. The number of aromatic nitrogens is 1. The molecule has 104 valence electrons. The normalized spacial score (nSPS) is 11.7. The van der Waals surface area contributed by atoms with Crippen molar-refractivity contribution in [1.82, 2.24) is 4.98 Å². The molecule has 1 atom stereocenters. The molecule has 1 unspecified atom stereocenters. The highest BCUT2D eigenvalue weighted by molar-refractivity contribution is 7.22. The van der Waals surface area contributed by atoms with Gasteiger partial charge in [0.2, 0.25) is 5.91 Å². The van der Waals surface area contributed by atoms with Crippen LogP contribution in [0.2, 0.25) is 0 Å². The zero-order valence-corrected chi connectivity index (χ0v) is 12.3. The lowest BCUT2D eigenvalue weighted by molar-refractivity contribution is -0.116. The minimum Gasteiger partial charge on any atom is -0.497 e. The number of amides is 1. The van der Waals surface area contributed by atoms with E-state index in [-0.39, 0.29) is 24.4 Å². The number of nitrogens with one attached hydrogen (secondary N) is 1. The van der Waals surface area contributed by atoms with Gasteiger partial charge in [0.1, 0.15) is 5.75 Å². The average Bonchev–Trinajstić information content (AvgIpc) is 2.68. The molecule has 0 saturated carbocycles. The first kappa shape index (κ1) is 15.7. The third-order valence-electron chi connectivity index (χ3n) is 2.35. The number of rotatable bonds is 4. The summed E-state index contributed by atoms with van der Waals surface area (Å²) in [5, 5.41) is 3.33. The van der Waals surface area contributed by atoms with E-state index in [0.717, 1.165) is 16.0 Å². The van der Waals surface area contributed by atoms with Crippen LogP contribution in [-0.4, -0.2) is 24.0 Å². The third-order valence-corrected chi connectivity index (χ3v) is 3.28. The SMILES string of the molecule is COc1ccc2nc(NC(=O)CC(C)N)sc2c1.Cl. The number of ether oxygens (including phenoxy) is 1. The predicted octanol–water partition coefficient (Wildman–Crippen LogP) is 2.40. The van der Waals surface area contributed by atoms with Gasteiger partial charge in [0.25, 0.3) is 0 Å². The molecule has 1 heterocycles. The number of thiazole rings is 1. The minimum absolute atomic E-state index is 0. The summed E-state index contributed by atoms with van der Waals surface area (Å²) in [5.41, 5.74) is 6.41. The summed E-state index contributed by atoms with van der Waals surface area (Å²) >= 11 is 1.42. The van der Waals surface area contributed by atoms with Crippen molar-refractivity contribution in [3.8, 4) is 5.75 Å². The predicted molar refractivity (Wildman–Crippen MR) is 80.3 cm³/mol. The maximum atomic E-state index is 11.6. The molecule has 2 aromatic rings. The Morgan fingerprint density at radius 2 is 2.32 bits per heavy atom. The van der Waals surface area contributed by atoms with Gasteiger partial charge in [-0.05, 0) is 25.1 Å². The van der Waals surface area contributed by atoms with Crippen molar-refractivity contribution >= 4 is 45.0 Å². The van der Waals surface area contributed by atoms with E-state index < -0.39 is 0 Å². The number of nitrogens with zero attached hydrogens (tertiary/aromatic N) is 1. The average molecular weight is 302 g/mol. The van der Waals surface area contributed by atoms with Gasteiger partial charge in [0.05, 0.1) is 17.3 Å². The van der Waals surface area contributed by atoms with E-state index in [0.29, 0.717) is 11.6 Å². The molecule has 0 spiro atoms. The fourth-order valence-electron chi connectivity index (χ4n) is 1.55. The van der Waals surface area contributed by atoms with E-state index in [1.54, 1.807) is 14.0 Å². The van der Waals surface area contributed by atoms with Crippen LogP contribution in [0.5, 0.6) is 5.75 Å². The van der Waals surface area contributed by atoms with Gasteiger partial charge in [-0.1, -0.05) is 11.3 Å². The van der Waals surface area contributed by atoms with E-state index >= 15 is 0 Å². The first-order valence-electron chi connectivity index (χ1n) is 5.58. The van der Waals surface area contributed by atoms with Gasteiger partial charge in [-0.25, -0.2) is 4.98 Å². The van der Waals surface area contributed by atoms with Crippen LogP contribution < -0.4 is 15.8 Å². The van der Waals surface area contributed by atoms with Gasteiger partial charge in [-0.15, -0.1) is 12.4 Å². The molecule has 0 aliphatic carbocycles. The van der Waals surface area contributed by atoms with Crippen molar-refractivity contribution in [2.75, 3.05) is 12.4 Å². The lowest BCUT2D eigenvalue weighted by atomic mass is 10.2. The van der Waals surface area contributed by atoms with E-state index in [1.807, 2.05) is 18.2 Å². The maximum Gasteiger partial charge on any atom is 0.227 e. The number of hydrogen-bond donors (Lipinski definition) is 2. The summed E-state index contributed by atoms with van der Waals surface area (Å²) in [6, 6.07) is 5.45. The quantitative estimate of drug-likeness (QED) is 0.909. The number of hydrogen-bond acceptors (Lipinski definition) is 5. The van der Waals surface area contributed by atoms with Crippen molar-refractivity contribution in [2.24, 2.45) is 5.73 Å². The second-order valence-corrected chi connectivity index (χ2v) is 5.11. The number of carbonyl (C=O) groups excluding carboxylic acids is 1. The van der Waals surface area contributed by atoms with Crippen LogP contribution in [-0.2, 0) is 4.79 Å². The Morgan fingerprint density at radius 3 is 2.95 bits per heavy atom. The van der Waals surface area contributed by atoms with E-state index in [9.17, 15) is 4.79 Å². The molecule has 19 heavy (non-hydrogen) atoms. The van der Waals surface area contributed by atoms with E-state index in [2.05, 4.69) is 10.3 Å². The van der Waals surface area contributed by atoms with Gasteiger partial charge >= 0.3 is 0 Å². The smallest absolute Gasteiger partial charge is 0.227 e. The fraction of sp³-hybridized carbons (Fsp3) is 0.333. The molecule has 0 aliphatic rings. The minimum atomic E-state index is -0.153. The number of carbonyl (C=O) groups is 1. The van der Waals surface area contributed by atoms with Crippen LogP contribution in [0.15, 0.2) is 18.2 Å². The molecule has 2 rings (SSSR count). The molecule has 0 bridgehead atoms. The van der Waals surface area contributed by atoms with Crippen LogP contribution in [0.4, 0.5) is 5.13 Å². The zero-order chi connectivity index (χ0) is 13.1. The summed E-state index contributed by atoms with van der Waals surface area (Å²) in [6.07, 6.45) is 0.291. The van der Waals surface area contributed by atoms with Crippen molar-refractivity contribution in [1.29, 1.82) is 0 Å². The van der Waals surface area contributed by atoms with Crippen LogP contribution in [0.25, 0.3) is 10.2 Å². The molecule has 1 aromatic carbocycles. The molecule has 5 nitrogen and oxygen atoms in total. The second-order valence-electron chi connectivity index (χ2n) is 4.08. The van der Waals surface area contributed by atoms with Crippen molar-refractivity contribution < 1.29 is 9.53 Å². The lowest BCUT2D eigenvalue weighted by Gasteiger charge is -2.03. The molecule has 1 amide bonds. The molecule has 3 N–H and O–H groups in total. The molecule has 0 radical (unpaired) electrons. The summed E-state index contributed by atoms with van der Waals surface area (Å²) < 4.78 is 6.12. The highest BCUT2D eigenvalue weighted by Crippen LogP contribution is 2.29. The number of fused-ring (bicyclic) bond motifs is 1. The molecule has 0 fully saturated rings. The molecular weight excluding hydrogens is 286 g/mol. The Kier molecular flexibility index (Phi) is 5.53. The Balaban J connectivity index is 0.00000180. The van der Waals surface area contributed by atoms with Gasteiger partial charge in [0.15, 0.2) is 5.13 Å². The summed E-state index contributed by atoms with van der Waals surface area (Å²) in [4.78, 5) is 15.9. The zero-order valence-electron chi connectivity index (χ0n) is 10.7. The second kappa shape index (κ2) is 6.70. The molecule has 1 aromatic heterocycles. The topological polar surface area (TPSA) is 77.2 Å². The van der Waals surface area contributed by atoms with Gasteiger partial charge in [0, 0.05) is 12.5 Å². The number of benzene rings is 1. The lowest BCUT2D eigenvalue weighted by Crippen LogP contribution is -2.23. The molecule has 0 saturated heterocycles. The Labute approximate surface area is 121 Å². The Morgan fingerprint density at radius 1 is 1.58 bits per heavy atom. The highest BCUT2D eigenvalue weighted by Gasteiger charge is 2.09. The molecule has 7 heteroatoms. The number of anilines is 1. The van der Waals surface area contributed by atoms with E-state index in [1.165, 1.54) is 11.3 Å². The fourth-order valence-corrected chi connectivity index (χ4v) is 2.46. The van der Waals surface area contributed by atoms with E-state index in [4.69, 9.17) is 10.5 Å². The maximum absolute atomic E-state index is 11.6. The van der Waals surface area contributed by atoms with Crippen molar-refractivity contribution in [2.45, 2.75) is 19.4 Å². The standard InChI is InChI=1S/C12H15N3O2S.ClH/c1-7(13)5-11(16)15-12-14-9-4-3-8(17-2)6-10(9)18-12;/h3-4,6-7H,5,13H2,1-2H3,(H,14,15,16);1H.